The van der Waals surface area contributed by atoms with Gasteiger partial charge in [0.15, 0.2) is 0 Å². The minimum atomic E-state index is 0.443. The molecule has 0 saturated heterocycles. The molecule has 1 aromatic rings. The summed E-state index contributed by atoms with van der Waals surface area (Å²) in [5.74, 6) is 2.34. The molecule has 0 radical (unpaired) electrons. The number of hydrogen-bond donors (Lipinski definition) is 1. The molecule has 1 unspecified atom stereocenters. The average Bonchev–Trinajstić information content (AvgIpc) is 2.29. The molecular formula is C15H19NO. The largest absolute Gasteiger partial charge is 0.461 e. The molecular weight excluding hydrogens is 210 g/mol. The molecule has 0 aliphatic heterocycles. The van der Waals surface area contributed by atoms with Crippen LogP contribution in [0.3, 0.4) is 0 Å². The summed E-state index contributed by atoms with van der Waals surface area (Å²) < 4.78 is 5.94. The monoisotopic (exact) mass is 229 g/mol. The number of ether oxygens (including phenoxy) is 1. The fraction of sp³-hybridized carbons (Fsp3) is 0.333. The van der Waals surface area contributed by atoms with Crippen molar-refractivity contribution >= 4 is 5.69 Å². The van der Waals surface area contributed by atoms with Gasteiger partial charge in [-0.05, 0) is 49.6 Å². The lowest BCUT2D eigenvalue weighted by Gasteiger charge is -2.19. The first-order valence-corrected chi connectivity index (χ1v) is 5.99. The zero-order valence-corrected chi connectivity index (χ0v) is 10.7. The lowest BCUT2D eigenvalue weighted by atomic mass is 10.0. The topological polar surface area (TPSA) is 35.2 Å². The van der Waals surface area contributed by atoms with Gasteiger partial charge in [0.25, 0.3) is 0 Å². The van der Waals surface area contributed by atoms with Crippen molar-refractivity contribution in [3.8, 4) is 5.75 Å². The number of nitrogen functional groups attached to an aromatic ring is 1. The molecule has 0 heterocycles. The van der Waals surface area contributed by atoms with E-state index in [0.717, 1.165) is 34.7 Å². The van der Waals surface area contributed by atoms with Gasteiger partial charge in [0.05, 0.1) is 0 Å². The summed E-state index contributed by atoms with van der Waals surface area (Å²) in [5.41, 5.74) is 8.92. The summed E-state index contributed by atoms with van der Waals surface area (Å²) in [4.78, 5) is 0. The average molecular weight is 229 g/mol. The molecule has 2 heteroatoms. The van der Waals surface area contributed by atoms with E-state index in [1.165, 1.54) is 0 Å². The van der Waals surface area contributed by atoms with Crippen LogP contribution < -0.4 is 10.5 Å². The predicted molar refractivity (Wildman–Crippen MR) is 72.0 cm³/mol. The number of rotatable bonds is 2. The third kappa shape index (κ3) is 2.52. The molecule has 17 heavy (non-hydrogen) atoms. The lowest BCUT2D eigenvalue weighted by molar-refractivity contribution is 0.355. The van der Waals surface area contributed by atoms with Crippen molar-refractivity contribution in [2.24, 2.45) is 5.92 Å². The number of anilines is 1. The van der Waals surface area contributed by atoms with Crippen LogP contribution in [0.5, 0.6) is 5.75 Å². The maximum absolute atomic E-state index is 5.94. The molecule has 1 aliphatic rings. The van der Waals surface area contributed by atoms with Crippen LogP contribution in [0.15, 0.2) is 36.1 Å². The van der Waals surface area contributed by atoms with E-state index in [1.54, 1.807) is 0 Å². The quantitative estimate of drug-likeness (QED) is 0.784. The smallest absolute Gasteiger partial charge is 0.127 e. The maximum atomic E-state index is 5.94. The zero-order chi connectivity index (χ0) is 12.4. The molecule has 1 aliphatic carbocycles. The molecule has 1 atom stereocenters. The fourth-order valence-electron chi connectivity index (χ4n) is 1.99. The molecule has 2 rings (SSSR count). The zero-order valence-electron chi connectivity index (χ0n) is 10.7. The van der Waals surface area contributed by atoms with E-state index in [9.17, 15) is 0 Å². The third-order valence-corrected chi connectivity index (χ3v) is 3.17. The van der Waals surface area contributed by atoms with Crippen LogP contribution in [0.2, 0.25) is 0 Å². The molecule has 0 saturated carbocycles. The minimum Gasteiger partial charge on any atom is -0.461 e. The highest BCUT2D eigenvalue weighted by atomic mass is 16.5. The SMILES string of the molecule is Cc1cc(OC2=CC=CCC2C)cc(C)c1N. The summed E-state index contributed by atoms with van der Waals surface area (Å²) in [6, 6.07) is 3.99. The summed E-state index contributed by atoms with van der Waals surface area (Å²) in [5, 5.41) is 0. The normalized spacial score (nSPS) is 19.0. The number of nitrogens with two attached hydrogens (primary N) is 1. The second-order valence-electron chi connectivity index (χ2n) is 4.71. The van der Waals surface area contributed by atoms with Crippen LogP contribution in [-0.4, -0.2) is 0 Å². The highest BCUT2D eigenvalue weighted by Gasteiger charge is 2.13. The molecule has 2 N–H and O–H groups in total. The second kappa shape index (κ2) is 4.66. The Balaban J connectivity index is 2.25. The minimum absolute atomic E-state index is 0.443. The van der Waals surface area contributed by atoms with Gasteiger partial charge >= 0.3 is 0 Å². The summed E-state index contributed by atoms with van der Waals surface area (Å²) in [6.45, 7) is 6.19. The Morgan fingerprint density at radius 2 is 1.88 bits per heavy atom. The molecule has 0 bridgehead atoms. The number of hydrogen-bond acceptors (Lipinski definition) is 2. The van der Waals surface area contributed by atoms with E-state index < -0.39 is 0 Å². The predicted octanol–water partition coefficient (Wildman–Crippen LogP) is 3.74. The molecule has 2 nitrogen and oxygen atoms in total. The Kier molecular flexibility index (Phi) is 3.23. The van der Waals surface area contributed by atoms with Crippen LogP contribution in [0.25, 0.3) is 0 Å². The first kappa shape index (κ1) is 11.8. The van der Waals surface area contributed by atoms with Crippen LogP contribution in [0, 0.1) is 19.8 Å². The Labute approximate surface area is 103 Å². The van der Waals surface area contributed by atoms with Gasteiger partial charge < -0.3 is 10.5 Å². The third-order valence-electron chi connectivity index (χ3n) is 3.17. The molecule has 0 aromatic heterocycles. The Morgan fingerprint density at radius 1 is 1.24 bits per heavy atom. The van der Waals surface area contributed by atoms with E-state index >= 15 is 0 Å². The van der Waals surface area contributed by atoms with Gasteiger partial charge in [-0.3, -0.25) is 0 Å². The van der Waals surface area contributed by atoms with E-state index in [0.29, 0.717) is 5.92 Å². The van der Waals surface area contributed by atoms with Gasteiger partial charge in [0, 0.05) is 11.6 Å². The van der Waals surface area contributed by atoms with Crippen LogP contribution in [0.4, 0.5) is 5.69 Å². The Bertz CT molecular complexity index is 463. The number of aryl methyl sites for hydroxylation is 2. The van der Waals surface area contributed by atoms with Crippen LogP contribution >= 0.6 is 0 Å². The van der Waals surface area contributed by atoms with Gasteiger partial charge in [-0.2, -0.15) is 0 Å². The second-order valence-corrected chi connectivity index (χ2v) is 4.71. The molecule has 0 amide bonds. The molecule has 1 aromatic carbocycles. The van der Waals surface area contributed by atoms with Gasteiger partial charge in [0.2, 0.25) is 0 Å². The molecule has 90 valence electrons. The van der Waals surface area contributed by atoms with E-state index in [2.05, 4.69) is 13.0 Å². The first-order valence-electron chi connectivity index (χ1n) is 5.99. The van der Waals surface area contributed by atoms with Crippen molar-refractivity contribution in [1.82, 2.24) is 0 Å². The highest BCUT2D eigenvalue weighted by molar-refractivity contribution is 5.56. The maximum Gasteiger partial charge on any atom is 0.127 e. The number of allylic oxidation sites excluding steroid dienone is 4. The van der Waals surface area contributed by atoms with Crippen molar-refractivity contribution in [2.75, 3.05) is 5.73 Å². The van der Waals surface area contributed by atoms with Crippen LogP contribution in [0.1, 0.15) is 24.5 Å². The van der Waals surface area contributed by atoms with Crippen LogP contribution in [-0.2, 0) is 0 Å². The van der Waals surface area contributed by atoms with E-state index in [1.807, 2.05) is 38.1 Å². The highest BCUT2D eigenvalue weighted by Crippen LogP contribution is 2.28. The molecule has 0 spiro atoms. The Hall–Kier alpha value is -1.70. The standard InChI is InChI=1S/C15H19NO/c1-10-6-4-5-7-14(10)17-13-8-11(2)15(16)12(3)9-13/h4-5,7-10H,6,16H2,1-3H3. The van der Waals surface area contributed by atoms with E-state index in [4.69, 9.17) is 10.5 Å². The van der Waals surface area contributed by atoms with Gasteiger partial charge in [0.1, 0.15) is 11.5 Å². The van der Waals surface area contributed by atoms with Crippen molar-refractivity contribution in [3.63, 3.8) is 0 Å². The van der Waals surface area contributed by atoms with Crippen molar-refractivity contribution in [3.05, 3.63) is 47.2 Å². The fourth-order valence-corrected chi connectivity index (χ4v) is 1.99. The summed E-state index contributed by atoms with van der Waals surface area (Å²) >= 11 is 0. The van der Waals surface area contributed by atoms with E-state index in [-0.39, 0.29) is 0 Å². The van der Waals surface area contributed by atoms with Gasteiger partial charge in [-0.1, -0.05) is 19.1 Å². The van der Waals surface area contributed by atoms with Crippen molar-refractivity contribution in [1.29, 1.82) is 0 Å². The summed E-state index contributed by atoms with van der Waals surface area (Å²) in [6.07, 6.45) is 7.29. The first-order chi connectivity index (χ1) is 8.08. The van der Waals surface area contributed by atoms with Crippen molar-refractivity contribution < 1.29 is 4.74 Å². The van der Waals surface area contributed by atoms with Gasteiger partial charge in [-0.25, -0.2) is 0 Å². The Morgan fingerprint density at radius 3 is 2.47 bits per heavy atom. The van der Waals surface area contributed by atoms with Gasteiger partial charge in [-0.15, -0.1) is 0 Å². The van der Waals surface area contributed by atoms with Crippen molar-refractivity contribution in [2.45, 2.75) is 27.2 Å². The lowest BCUT2D eigenvalue weighted by Crippen LogP contribution is -2.08. The summed E-state index contributed by atoms with van der Waals surface area (Å²) in [7, 11) is 0. The molecule has 0 fully saturated rings. The number of benzene rings is 1.